The molecule has 7 nitrogen and oxygen atoms in total. The minimum absolute atomic E-state index is 0.0946. The molecule has 0 aliphatic carbocycles. The van der Waals surface area contributed by atoms with Crippen LogP contribution in [0.15, 0.2) is 24.3 Å². The molecule has 1 aliphatic rings. The highest BCUT2D eigenvalue weighted by Gasteiger charge is 2.14. The smallest absolute Gasteiger partial charge is 0.269 e. The molecule has 128 valence electrons. The lowest BCUT2D eigenvalue weighted by Crippen LogP contribution is -2.33. The molecule has 1 aromatic carbocycles. The van der Waals surface area contributed by atoms with E-state index in [9.17, 15) is 18.5 Å². The average molecular weight is 341 g/mol. The number of hydrogen-bond acceptors (Lipinski definition) is 5. The van der Waals surface area contributed by atoms with Crippen LogP contribution in [0.1, 0.15) is 31.2 Å². The number of non-ortho nitro benzene ring substituents is 1. The molecule has 1 fully saturated rings. The molecular weight excluding hydrogens is 318 g/mol. The fourth-order valence-electron chi connectivity index (χ4n) is 2.74. The van der Waals surface area contributed by atoms with Crippen LogP contribution < -0.4 is 4.72 Å². The van der Waals surface area contributed by atoms with Crippen LogP contribution in [0.2, 0.25) is 0 Å². The summed E-state index contributed by atoms with van der Waals surface area (Å²) in [5.41, 5.74) is 0.325. The van der Waals surface area contributed by atoms with E-state index >= 15 is 0 Å². The summed E-state index contributed by atoms with van der Waals surface area (Å²) >= 11 is 0. The monoisotopic (exact) mass is 341 g/mol. The highest BCUT2D eigenvalue weighted by molar-refractivity contribution is 7.88. The van der Waals surface area contributed by atoms with Crippen molar-refractivity contribution >= 4 is 15.7 Å². The van der Waals surface area contributed by atoms with E-state index in [1.807, 2.05) is 0 Å². The second-order valence-corrected chi connectivity index (χ2v) is 7.64. The zero-order valence-electron chi connectivity index (χ0n) is 13.1. The average Bonchev–Trinajstić information content (AvgIpc) is 2.52. The van der Waals surface area contributed by atoms with E-state index in [4.69, 9.17) is 0 Å². The Morgan fingerprint density at radius 1 is 1.22 bits per heavy atom. The summed E-state index contributed by atoms with van der Waals surface area (Å²) in [4.78, 5) is 12.5. The molecular formula is C15H23N3O4S. The van der Waals surface area contributed by atoms with E-state index in [0.717, 1.165) is 26.1 Å². The minimum Gasteiger partial charge on any atom is -0.303 e. The molecule has 8 heteroatoms. The molecule has 0 unspecified atom stereocenters. The van der Waals surface area contributed by atoms with E-state index < -0.39 is 14.9 Å². The Balaban J connectivity index is 1.77. The number of nitrogens with zero attached hydrogens (tertiary/aromatic N) is 2. The lowest BCUT2D eigenvalue weighted by Gasteiger charge is -2.26. The number of piperidine rings is 1. The van der Waals surface area contributed by atoms with Crippen molar-refractivity contribution < 1.29 is 13.3 Å². The van der Waals surface area contributed by atoms with Gasteiger partial charge in [0.15, 0.2) is 0 Å². The lowest BCUT2D eigenvalue weighted by molar-refractivity contribution is -0.384. The van der Waals surface area contributed by atoms with Gasteiger partial charge in [0.05, 0.1) is 10.7 Å². The molecule has 2 rings (SSSR count). The maximum absolute atomic E-state index is 12.0. The van der Waals surface area contributed by atoms with Gasteiger partial charge in [0, 0.05) is 18.7 Å². The third kappa shape index (κ3) is 6.25. The van der Waals surface area contributed by atoms with Crippen LogP contribution in [0.3, 0.4) is 0 Å². The second-order valence-electron chi connectivity index (χ2n) is 5.84. The maximum atomic E-state index is 12.0. The van der Waals surface area contributed by atoms with E-state index in [1.54, 1.807) is 6.07 Å². The number of nitro groups is 1. The molecule has 1 heterocycles. The van der Waals surface area contributed by atoms with Crippen molar-refractivity contribution in [3.63, 3.8) is 0 Å². The van der Waals surface area contributed by atoms with Crippen LogP contribution in [0.5, 0.6) is 0 Å². The van der Waals surface area contributed by atoms with E-state index in [-0.39, 0.29) is 11.4 Å². The summed E-state index contributed by atoms with van der Waals surface area (Å²) in [7, 11) is -3.47. The third-order valence-corrected chi connectivity index (χ3v) is 5.26. The molecule has 0 aromatic heterocycles. The van der Waals surface area contributed by atoms with Crippen molar-refractivity contribution in [1.82, 2.24) is 9.62 Å². The number of nitrogens with one attached hydrogen (secondary N) is 1. The van der Waals surface area contributed by atoms with Gasteiger partial charge in [-0.15, -0.1) is 0 Å². The molecule has 1 aromatic rings. The van der Waals surface area contributed by atoms with Crippen molar-refractivity contribution in [3.05, 3.63) is 39.9 Å². The van der Waals surface area contributed by atoms with Gasteiger partial charge in [-0.2, -0.15) is 0 Å². The zero-order chi connectivity index (χ0) is 16.7. The zero-order valence-corrected chi connectivity index (χ0v) is 13.9. The van der Waals surface area contributed by atoms with Crippen LogP contribution in [0, 0.1) is 10.1 Å². The Morgan fingerprint density at radius 2 is 1.96 bits per heavy atom. The summed E-state index contributed by atoms with van der Waals surface area (Å²) in [5, 5.41) is 10.7. The quantitative estimate of drug-likeness (QED) is 0.443. The molecule has 1 saturated heterocycles. The molecule has 0 bridgehead atoms. The fraction of sp³-hybridized carbons (Fsp3) is 0.600. The summed E-state index contributed by atoms with van der Waals surface area (Å²) in [6.45, 7) is 3.49. The highest BCUT2D eigenvalue weighted by atomic mass is 32.2. The first-order valence-corrected chi connectivity index (χ1v) is 9.54. The van der Waals surface area contributed by atoms with Crippen molar-refractivity contribution in [2.75, 3.05) is 26.2 Å². The minimum atomic E-state index is -3.47. The number of benzene rings is 1. The van der Waals surface area contributed by atoms with Crippen LogP contribution in [-0.2, 0) is 15.8 Å². The first-order valence-electron chi connectivity index (χ1n) is 7.89. The normalized spacial score (nSPS) is 16.3. The SMILES string of the molecule is O=[N+]([O-])c1cccc(CS(=O)(=O)NCCCN2CCCCC2)c1. The largest absolute Gasteiger partial charge is 0.303 e. The molecule has 0 atom stereocenters. The van der Waals surface area contributed by atoms with Gasteiger partial charge in [-0.3, -0.25) is 10.1 Å². The highest BCUT2D eigenvalue weighted by Crippen LogP contribution is 2.15. The molecule has 23 heavy (non-hydrogen) atoms. The lowest BCUT2D eigenvalue weighted by atomic mass is 10.1. The van der Waals surface area contributed by atoms with Gasteiger partial charge in [-0.25, -0.2) is 13.1 Å². The maximum Gasteiger partial charge on any atom is 0.269 e. The number of nitro benzene ring substituents is 1. The molecule has 1 aliphatic heterocycles. The Hall–Kier alpha value is -1.51. The van der Waals surface area contributed by atoms with E-state index in [0.29, 0.717) is 12.1 Å². The van der Waals surface area contributed by atoms with Crippen molar-refractivity contribution in [2.45, 2.75) is 31.4 Å². The topological polar surface area (TPSA) is 92.5 Å². The van der Waals surface area contributed by atoms with E-state index in [2.05, 4.69) is 9.62 Å². The van der Waals surface area contributed by atoms with Crippen LogP contribution in [0.25, 0.3) is 0 Å². The molecule has 0 saturated carbocycles. The second kappa shape index (κ2) is 8.37. The van der Waals surface area contributed by atoms with Gasteiger partial charge in [-0.1, -0.05) is 18.6 Å². The van der Waals surface area contributed by atoms with Gasteiger partial charge in [0.25, 0.3) is 5.69 Å². The number of rotatable bonds is 8. The number of likely N-dealkylation sites (tertiary alicyclic amines) is 1. The third-order valence-electron chi connectivity index (χ3n) is 3.90. The number of sulfonamides is 1. The van der Waals surface area contributed by atoms with Crippen molar-refractivity contribution in [3.8, 4) is 0 Å². The first kappa shape index (κ1) is 17.8. The van der Waals surface area contributed by atoms with Gasteiger partial charge in [0.2, 0.25) is 10.0 Å². The fourth-order valence-corrected chi connectivity index (χ4v) is 3.92. The Kier molecular flexibility index (Phi) is 6.49. The summed E-state index contributed by atoms with van der Waals surface area (Å²) in [5.74, 6) is -0.238. The number of hydrogen-bond donors (Lipinski definition) is 1. The Bertz CT molecular complexity index is 627. The van der Waals surface area contributed by atoms with Crippen molar-refractivity contribution in [1.29, 1.82) is 0 Å². The summed E-state index contributed by atoms with van der Waals surface area (Å²) in [6, 6.07) is 5.73. The molecule has 1 N–H and O–H groups in total. The first-order chi connectivity index (χ1) is 11.0. The Morgan fingerprint density at radius 3 is 2.65 bits per heavy atom. The van der Waals surface area contributed by atoms with Gasteiger partial charge in [0.1, 0.15) is 0 Å². The van der Waals surface area contributed by atoms with Crippen molar-refractivity contribution in [2.24, 2.45) is 0 Å². The van der Waals surface area contributed by atoms with Crippen LogP contribution >= 0.6 is 0 Å². The van der Waals surface area contributed by atoms with Crippen LogP contribution in [-0.4, -0.2) is 44.4 Å². The molecule has 0 amide bonds. The standard InChI is InChI=1S/C15H23N3O4S/c19-18(20)15-7-4-6-14(12-15)13-23(21,22)16-8-5-11-17-9-2-1-3-10-17/h4,6-7,12,16H,1-3,5,8-11,13H2. The predicted molar refractivity (Wildman–Crippen MR) is 88.6 cm³/mol. The summed E-state index contributed by atoms with van der Waals surface area (Å²) in [6.07, 6.45) is 4.50. The molecule has 0 spiro atoms. The Labute approximate surface area is 136 Å². The van der Waals surface area contributed by atoms with Gasteiger partial charge in [-0.05, 0) is 44.5 Å². The molecule has 0 radical (unpaired) electrons. The van der Waals surface area contributed by atoms with E-state index in [1.165, 1.54) is 37.5 Å². The van der Waals surface area contributed by atoms with Gasteiger partial charge < -0.3 is 4.90 Å². The predicted octanol–water partition coefficient (Wildman–Crippen LogP) is 1.89. The van der Waals surface area contributed by atoms with Gasteiger partial charge >= 0.3 is 0 Å². The van der Waals surface area contributed by atoms with Crippen LogP contribution in [0.4, 0.5) is 5.69 Å². The summed E-state index contributed by atoms with van der Waals surface area (Å²) < 4.78 is 26.6.